The minimum absolute atomic E-state index is 0.128. The zero-order valence-electron chi connectivity index (χ0n) is 9.93. The number of nitrogens with one attached hydrogen (secondary N) is 1. The van der Waals surface area contributed by atoms with Crippen molar-refractivity contribution in [2.75, 3.05) is 5.32 Å². The van der Waals surface area contributed by atoms with Crippen LogP contribution >= 0.6 is 27.5 Å². The molecular weight excluding hydrogens is 408 g/mol. The third-order valence-corrected chi connectivity index (χ3v) is 5.17. The quantitative estimate of drug-likeness (QED) is 0.606. The molecule has 0 unspecified atom stereocenters. The van der Waals surface area contributed by atoms with Crippen LogP contribution in [0, 0.1) is 0 Å². The molecule has 20 heavy (non-hydrogen) atoms. The third kappa shape index (κ3) is 2.52. The monoisotopic (exact) mass is 415 g/mol. The van der Waals surface area contributed by atoms with Gasteiger partial charge in [0.15, 0.2) is 0 Å². The van der Waals surface area contributed by atoms with Crippen LogP contribution in [0.4, 0.5) is 17.1 Å². The molecule has 2 aromatic carbocycles. The molecule has 3 rings (SSSR count). The van der Waals surface area contributed by atoms with Crippen molar-refractivity contribution < 1.29 is 4.79 Å². The summed E-state index contributed by atoms with van der Waals surface area (Å²) in [5, 5.41) is 3.23. The van der Waals surface area contributed by atoms with E-state index in [-0.39, 0.29) is 20.5 Å². The topological polar surface area (TPSA) is 53.8 Å². The summed E-state index contributed by atoms with van der Waals surface area (Å²) in [7, 11) is 0. The van der Waals surface area contributed by atoms with Gasteiger partial charge in [-0.1, -0.05) is 0 Å². The van der Waals surface area contributed by atoms with Crippen LogP contribution in [0.25, 0.3) is 0 Å². The predicted molar refractivity (Wildman–Crippen MR) is 83.5 cm³/mol. The summed E-state index contributed by atoms with van der Waals surface area (Å²) in [6, 6.07) is 10.8. The van der Waals surface area contributed by atoms with Crippen molar-refractivity contribution in [3.8, 4) is 0 Å². The SMILES string of the molecule is O=C(Nc1cccc2c1N=[Se]=N2)c1cccc(Br)c1Cl. The molecule has 100 valence electrons. The van der Waals surface area contributed by atoms with E-state index in [4.69, 9.17) is 11.6 Å². The van der Waals surface area contributed by atoms with Gasteiger partial charge in [-0.2, -0.15) is 0 Å². The molecule has 0 atom stereocenters. The maximum absolute atomic E-state index is 12.3. The van der Waals surface area contributed by atoms with Gasteiger partial charge in [-0.3, -0.25) is 0 Å². The molecule has 0 bridgehead atoms. The van der Waals surface area contributed by atoms with E-state index in [1.807, 2.05) is 18.2 Å². The summed E-state index contributed by atoms with van der Waals surface area (Å²) in [6.07, 6.45) is 0. The van der Waals surface area contributed by atoms with Crippen LogP contribution < -0.4 is 5.32 Å². The molecule has 1 heterocycles. The predicted octanol–water partition coefficient (Wildman–Crippen LogP) is 4.70. The third-order valence-electron chi connectivity index (χ3n) is 2.73. The number of halogens is 2. The Balaban J connectivity index is 1.93. The van der Waals surface area contributed by atoms with Gasteiger partial charge >= 0.3 is 135 Å². The average molecular weight is 416 g/mol. The Labute approximate surface area is 134 Å². The van der Waals surface area contributed by atoms with Gasteiger partial charge in [0.05, 0.1) is 0 Å². The van der Waals surface area contributed by atoms with Crippen LogP contribution in [0.1, 0.15) is 10.4 Å². The second-order valence-electron chi connectivity index (χ2n) is 3.99. The molecule has 1 aliphatic rings. The number of nitrogens with zero attached hydrogens (tertiary/aromatic N) is 2. The molecule has 2 aromatic rings. The molecule has 0 radical (unpaired) electrons. The van der Waals surface area contributed by atoms with Crippen molar-refractivity contribution in [2.24, 2.45) is 7.92 Å². The molecule has 1 amide bonds. The van der Waals surface area contributed by atoms with Crippen LogP contribution in [-0.4, -0.2) is 20.5 Å². The van der Waals surface area contributed by atoms with Gasteiger partial charge in [0.2, 0.25) is 0 Å². The summed E-state index contributed by atoms with van der Waals surface area (Å²) < 4.78 is 9.30. The average Bonchev–Trinajstić information content (AvgIpc) is 2.91. The minimum atomic E-state index is -0.265. The summed E-state index contributed by atoms with van der Waals surface area (Å²) in [6.45, 7) is 0. The number of carbonyl (C=O) groups is 1. The molecule has 4 nitrogen and oxygen atoms in total. The molecule has 0 fully saturated rings. The molecule has 1 N–H and O–H groups in total. The molecule has 0 aliphatic carbocycles. The molecule has 0 saturated heterocycles. The van der Waals surface area contributed by atoms with E-state index in [1.165, 1.54) is 0 Å². The first-order valence-electron chi connectivity index (χ1n) is 5.63. The number of carbonyl (C=O) groups excluding carboxylic acids is 1. The van der Waals surface area contributed by atoms with Gasteiger partial charge in [0.1, 0.15) is 0 Å². The molecule has 7 heteroatoms. The van der Waals surface area contributed by atoms with E-state index >= 15 is 0 Å². The van der Waals surface area contributed by atoms with Crippen molar-refractivity contribution in [2.45, 2.75) is 0 Å². The number of hydrogen-bond acceptors (Lipinski definition) is 3. The van der Waals surface area contributed by atoms with E-state index in [9.17, 15) is 4.79 Å². The van der Waals surface area contributed by atoms with Crippen LogP contribution in [0.2, 0.25) is 5.02 Å². The Hall–Kier alpha value is -1.20. The van der Waals surface area contributed by atoms with Crippen molar-refractivity contribution in [1.82, 2.24) is 0 Å². The van der Waals surface area contributed by atoms with E-state index in [0.717, 1.165) is 11.4 Å². The van der Waals surface area contributed by atoms with Gasteiger partial charge in [0.25, 0.3) is 0 Å². The summed E-state index contributed by atoms with van der Waals surface area (Å²) in [5.74, 6) is -0.265. The van der Waals surface area contributed by atoms with E-state index < -0.39 is 0 Å². The van der Waals surface area contributed by atoms with Gasteiger partial charge in [-0.15, -0.1) is 0 Å². The Kier molecular flexibility index (Phi) is 3.89. The summed E-state index contributed by atoms with van der Waals surface area (Å²) in [4.78, 5) is 12.3. The Morgan fingerprint density at radius 1 is 1.20 bits per heavy atom. The first-order chi connectivity index (χ1) is 9.66. The maximum atomic E-state index is 12.3. The van der Waals surface area contributed by atoms with Gasteiger partial charge in [0, 0.05) is 0 Å². The summed E-state index contributed by atoms with van der Waals surface area (Å²) >= 11 is 9.30. The van der Waals surface area contributed by atoms with Gasteiger partial charge < -0.3 is 0 Å². The number of hydrogen-bond donors (Lipinski definition) is 1. The van der Waals surface area contributed by atoms with Crippen molar-refractivity contribution in [3.05, 3.63) is 51.5 Å². The number of benzene rings is 2. The number of anilines is 1. The Morgan fingerprint density at radius 2 is 2.00 bits per heavy atom. The van der Waals surface area contributed by atoms with E-state index in [1.54, 1.807) is 18.2 Å². The zero-order chi connectivity index (χ0) is 14.1. The van der Waals surface area contributed by atoms with Crippen molar-refractivity contribution >= 4 is 65.1 Å². The van der Waals surface area contributed by atoms with Gasteiger partial charge in [-0.05, 0) is 0 Å². The summed E-state index contributed by atoms with van der Waals surface area (Å²) in [5.41, 5.74) is 2.64. The first kappa shape index (κ1) is 13.8. The molecule has 0 saturated carbocycles. The molecule has 1 aliphatic heterocycles. The molecular formula is C13H7BrClN3OSe. The number of amides is 1. The Bertz CT molecular complexity index is 787. The fourth-order valence-corrected chi connectivity index (χ4v) is 3.51. The van der Waals surface area contributed by atoms with Gasteiger partial charge in [-0.25, -0.2) is 0 Å². The van der Waals surface area contributed by atoms with Crippen molar-refractivity contribution in [1.29, 1.82) is 0 Å². The molecule has 0 spiro atoms. The van der Waals surface area contributed by atoms with Crippen LogP contribution in [0.5, 0.6) is 0 Å². The number of fused-ring (bicyclic) bond motifs is 1. The van der Waals surface area contributed by atoms with Crippen LogP contribution in [0.15, 0.2) is 48.8 Å². The number of rotatable bonds is 2. The normalized spacial score (nSPS) is 11.9. The van der Waals surface area contributed by atoms with E-state index in [0.29, 0.717) is 20.7 Å². The fraction of sp³-hybridized carbons (Fsp3) is 0. The van der Waals surface area contributed by atoms with Crippen molar-refractivity contribution in [3.63, 3.8) is 0 Å². The zero-order valence-corrected chi connectivity index (χ0v) is 14.0. The first-order valence-corrected chi connectivity index (χ1v) is 8.34. The second-order valence-corrected chi connectivity index (χ2v) is 6.33. The standard InChI is InChI=1S/C13H7BrClN3OSe/c14-8-4-1-3-7(11(8)15)13(19)16-9-5-2-6-10-12(9)18-20-17-10/h1-6H,(H,16,19). The Morgan fingerprint density at radius 3 is 2.85 bits per heavy atom. The van der Waals surface area contributed by atoms with Crippen LogP contribution in [0.3, 0.4) is 0 Å². The molecule has 0 aromatic heterocycles. The fourth-order valence-electron chi connectivity index (χ4n) is 1.78. The van der Waals surface area contributed by atoms with Crippen LogP contribution in [-0.2, 0) is 0 Å². The van der Waals surface area contributed by atoms with E-state index in [2.05, 4.69) is 29.2 Å². The second kappa shape index (κ2) is 5.66.